The van der Waals surface area contributed by atoms with Crippen LogP contribution in [0, 0.1) is 11.8 Å². The van der Waals surface area contributed by atoms with E-state index in [2.05, 4.69) is 0 Å². The standard InChI is InChI=1S/C17H14F3NO3/c1-15-6-7-16(2,24-15)12-11(15)13(22)21(14(12)23)10-5-3-4-9(8-10)17(18,19)20/h3-8,11-12H,1-2H3/t11-,12-,15-,16+/m0/s1. The highest BCUT2D eigenvalue weighted by Gasteiger charge is 2.70. The summed E-state index contributed by atoms with van der Waals surface area (Å²) in [7, 11) is 0. The first-order valence-corrected chi connectivity index (χ1v) is 7.52. The van der Waals surface area contributed by atoms with E-state index in [-0.39, 0.29) is 5.69 Å². The number of carbonyl (C=O) groups is 2. The van der Waals surface area contributed by atoms with Crippen molar-refractivity contribution in [2.75, 3.05) is 4.90 Å². The normalized spacial score (nSPS) is 37.5. The quantitative estimate of drug-likeness (QED) is 0.585. The molecule has 3 heterocycles. The average Bonchev–Trinajstić information content (AvgIpc) is 3.03. The summed E-state index contributed by atoms with van der Waals surface area (Å²) >= 11 is 0. The Kier molecular flexibility index (Phi) is 2.74. The van der Waals surface area contributed by atoms with E-state index in [1.165, 1.54) is 12.1 Å². The number of halogens is 3. The monoisotopic (exact) mass is 337 g/mol. The number of amides is 2. The van der Waals surface area contributed by atoms with Gasteiger partial charge < -0.3 is 4.74 Å². The molecule has 7 heteroatoms. The van der Waals surface area contributed by atoms with Crippen molar-refractivity contribution in [3.8, 4) is 0 Å². The first-order valence-electron chi connectivity index (χ1n) is 7.52. The van der Waals surface area contributed by atoms with Crippen molar-refractivity contribution in [2.45, 2.75) is 31.2 Å². The first-order chi connectivity index (χ1) is 11.1. The zero-order chi connectivity index (χ0) is 17.5. The van der Waals surface area contributed by atoms with Crippen LogP contribution >= 0.6 is 0 Å². The number of imide groups is 1. The highest BCUT2D eigenvalue weighted by Crippen LogP contribution is 2.57. The zero-order valence-corrected chi connectivity index (χ0v) is 12.9. The second-order valence-electron chi connectivity index (χ2n) is 6.82. The molecule has 126 valence electrons. The maximum atomic E-state index is 12.9. The SMILES string of the molecule is C[C@]12C=C[C@](C)(O1)[C@@H]1C(=O)N(c3cccc(C(F)(F)F)c3)C(=O)[C@H]12. The van der Waals surface area contributed by atoms with Crippen molar-refractivity contribution in [1.82, 2.24) is 0 Å². The van der Waals surface area contributed by atoms with Crippen molar-refractivity contribution in [3.63, 3.8) is 0 Å². The maximum Gasteiger partial charge on any atom is 0.416 e. The predicted octanol–water partition coefficient (Wildman–Crippen LogP) is 2.93. The Balaban J connectivity index is 1.78. The summed E-state index contributed by atoms with van der Waals surface area (Å²) in [5, 5.41) is 0. The predicted molar refractivity (Wildman–Crippen MR) is 78.0 cm³/mol. The van der Waals surface area contributed by atoms with E-state index in [1.54, 1.807) is 26.0 Å². The van der Waals surface area contributed by atoms with Gasteiger partial charge in [0.2, 0.25) is 11.8 Å². The molecule has 2 fully saturated rings. The molecule has 2 bridgehead atoms. The van der Waals surface area contributed by atoms with Gasteiger partial charge in [-0.15, -0.1) is 0 Å². The van der Waals surface area contributed by atoms with Crippen molar-refractivity contribution in [3.05, 3.63) is 42.0 Å². The van der Waals surface area contributed by atoms with Crippen LogP contribution in [0.5, 0.6) is 0 Å². The van der Waals surface area contributed by atoms with Gasteiger partial charge in [0, 0.05) is 0 Å². The van der Waals surface area contributed by atoms with Gasteiger partial charge in [-0.2, -0.15) is 13.2 Å². The topological polar surface area (TPSA) is 46.6 Å². The van der Waals surface area contributed by atoms with Crippen LogP contribution in [0.25, 0.3) is 0 Å². The Bertz CT molecular complexity index is 767. The number of hydrogen-bond acceptors (Lipinski definition) is 3. The third kappa shape index (κ3) is 1.79. The fourth-order valence-corrected chi connectivity index (χ4v) is 4.11. The lowest BCUT2D eigenvalue weighted by Crippen LogP contribution is -2.39. The van der Waals surface area contributed by atoms with Gasteiger partial charge in [0.1, 0.15) is 0 Å². The van der Waals surface area contributed by atoms with E-state index >= 15 is 0 Å². The Morgan fingerprint density at radius 2 is 1.58 bits per heavy atom. The molecule has 2 amide bonds. The number of benzene rings is 1. The highest BCUT2D eigenvalue weighted by molar-refractivity contribution is 6.23. The van der Waals surface area contributed by atoms with Crippen LogP contribution < -0.4 is 4.90 Å². The molecule has 0 aromatic heterocycles. The minimum absolute atomic E-state index is 0.0548. The smallest absolute Gasteiger partial charge is 0.359 e. The van der Waals surface area contributed by atoms with E-state index < -0.39 is 46.6 Å². The molecule has 0 unspecified atom stereocenters. The number of anilines is 1. The van der Waals surface area contributed by atoms with Crippen LogP contribution in [-0.4, -0.2) is 23.0 Å². The average molecular weight is 337 g/mol. The van der Waals surface area contributed by atoms with Gasteiger partial charge in [-0.25, -0.2) is 4.90 Å². The minimum atomic E-state index is -4.54. The van der Waals surface area contributed by atoms with E-state index in [9.17, 15) is 22.8 Å². The molecule has 0 N–H and O–H groups in total. The van der Waals surface area contributed by atoms with Crippen LogP contribution in [0.1, 0.15) is 19.4 Å². The summed E-state index contributed by atoms with van der Waals surface area (Å²) in [6.07, 6.45) is -1.02. The summed E-state index contributed by atoms with van der Waals surface area (Å²) < 4.78 is 44.6. The van der Waals surface area contributed by atoms with Crippen LogP contribution in [0.2, 0.25) is 0 Å². The molecule has 4 rings (SSSR count). The van der Waals surface area contributed by atoms with Crippen molar-refractivity contribution in [1.29, 1.82) is 0 Å². The van der Waals surface area contributed by atoms with Gasteiger partial charge in [0.25, 0.3) is 0 Å². The second kappa shape index (κ2) is 4.27. The lowest BCUT2D eigenvalue weighted by atomic mass is 9.73. The molecule has 24 heavy (non-hydrogen) atoms. The molecule has 4 atom stereocenters. The number of ether oxygens (including phenoxy) is 1. The van der Waals surface area contributed by atoms with Crippen LogP contribution in [0.3, 0.4) is 0 Å². The molecule has 2 saturated heterocycles. The second-order valence-corrected chi connectivity index (χ2v) is 6.82. The summed E-state index contributed by atoms with van der Waals surface area (Å²) in [5.41, 5.74) is -2.75. The summed E-state index contributed by atoms with van der Waals surface area (Å²) in [6.45, 7) is 3.44. The van der Waals surface area contributed by atoms with Gasteiger partial charge in [-0.1, -0.05) is 18.2 Å². The molecule has 0 spiro atoms. The van der Waals surface area contributed by atoms with Gasteiger partial charge in [-0.05, 0) is 32.0 Å². The van der Waals surface area contributed by atoms with Crippen molar-refractivity contribution in [2.24, 2.45) is 11.8 Å². The summed E-state index contributed by atoms with van der Waals surface area (Å²) in [6, 6.07) is 4.27. The molecule has 3 aliphatic rings. The number of nitrogens with zero attached hydrogens (tertiary/aromatic N) is 1. The maximum absolute atomic E-state index is 12.9. The Morgan fingerprint density at radius 1 is 1.04 bits per heavy atom. The van der Waals surface area contributed by atoms with Gasteiger partial charge >= 0.3 is 6.18 Å². The van der Waals surface area contributed by atoms with Crippen LogP contribution in [0.15, 0.2) is 36.4 Å². The third-order valence-electron chi connectivity index (χ3n) is 5.16. The van der Waals surface area contributed by atoms with Gasteiger partial charge in [-0.3, -0.25) is 9.59 Å². The molecular formula is C17H14F3NO3. The van der Waals surface area contributed by atoms with Crippen molar-refractivity contribution >= 4 is 17.5 Å². The highest BCUT2D eigenvalue weighted by atomic mass is 19.4. The lowest BCUT2D eigenvalue weighted by molar-refractivity contribution is -0.138. The largest absolute Gasteiger partial charge is 0.416 e. The number of rotatable bonds is 1. The number of hydrogen-bond donors (Lipinski definition) is 0. The Labute approximate surface area is 135 Å². The fraction of sp³-hybridized carbons (Fsp3) is 0.412. The van der Waals surface area contributed by atoms with E-state index in [0.29, 0.717) is 0 Å². The number of fused-ring (bicyclic) bond motifs is 5. The third-order valence-corrected chi connectivity index (χ3v) is 5.16. The minimum Gasteiger partial charge on any atom is -0.359 e. The molecule has 1 aromatic rings. The summed E-state index contributed by atoms with van der Waals surface area (Å²) in [5.74, 6) is -2.45. The van der Waals surface area contributed by atoms with Crippen LogP contribution in [-0.2, 0) is 20.5 Å². The fourth-order valence-electron chi connectivity index (χ4n) is 4.11. The van der Waals surface area contributed by atoms with Gasteiger partial charge in [0.15, 0.2) is 0 Å². The zero-order valence-electron chi connectivity index (χ0n) is 12.9. The van der Waals surface area contributed by atoms with Gasteiger partial charge in [0.05, 0.1) is 34.3 Å². The molecular weight excluding hydrogens is 323 g/mol. The molecule has 4 nitrogen and oxygen atoms in total. The van der Waals surface area contributed by atoms with E-state index in [1.807, 2.05) is 0 Å². The lowest BCUT2D eigenvalue weighted by Gasteiger charge is -2.25. The number of carbonyl (C=O) groups excluding carboxylic acids is 2. The molecule has 3 aliphatic heterocycles. The number of alkyl halides is 3. The van der Waals surface area contributed by atoms with Crippen LogP contribution in [0.4, 0.5) is 18.9 Å². The van der Waals surface area contributed by atoms with Crippen molar-refractivity contribution < 1.29 is 27.5 Å². The van der Waals surface area contributed by atoms with E-state index in [0.717, 1.165) is 17.0 Å². The Hall–Kier alpha value is -2.15. The molecule has 0 saturated carbocycles. The molecule has 0 radical (unpaired) electrons. The summed E-state index contributed by atoms with van der Waals surface area (Å²) in [4.78, 5) is 26.5. The molecule has 0 aliphatic carbocycles. The first kappa shape index (κ1) is 15.4. The Morgan fingerprint density at radius 3 is 2.08 bits per heavy atom. The van der Waals surface area contributed by atoms with E-state index in [4.69, 9.17) is 4.74 Å². The molecule has 1 aromatic carbocycles.